The van der Waals surface area contributed by atoms with E-state index in [2.05, 4.69) is 5.32 Å². The summed E-state index contributed by atoms with van der Waals surface area (Å²) in [5.74, 6) is -0.750. The molecule has 2 amide bonds. The number of aliphatic carboxylic acids is 1. The van der Waals surface area contributed by atoms with Crippen molar-refractivity contribution >= 4 is 12.0 Å². The van der Waals surface area contributed by atoms with Gasteiger partial charge in [-0.3, -0.25) is 4.79 Å². The maximum atomic E-state index is 11.8. The molecule has 0 aromatic heterocycles. The summed E-state index contributed by atoms with van der Waals surface area (Å²) in [4.78, 5) is 24.3. The van der Waals surface area contributed by atoms with Crippen LogP contribution in [-0.2, 0) is 4.79 Å². The molecule has 1 heterocycles. The van der Waals surface area contributed by atoms with E-state index in [-0.39, 0.29) is 18.5 Å². The van der Waals surface area contributed by atoms with Gasteiger partial charge in [0.25, 0.3) is 0 Å². The normalized spacial score (nSPS) is 24.8. The second-order valence-corrected chi connectivity index (χ2v) is 5.63. The van der Waals surface area contributed by atoms with Crippen LogP contribution >= 0.6 is 0 Å². The Hall–Kier alpha value is -1.30. The summed E-state index contributed by atoms with van der Waals surface area (Å²) in [7, 11) is 0. The van der Waals surface area contributed by atoms with Crippen LogP contribution in [0.5, 0.6) is 0 Å². The van der Waals surface area contributed by atoms with Crippen molar-refractivity contribution < 1.29 is 19.8 Å². The average Bonchev–Trinajstić information content (AvgIpc) is 2.29. The Balaban J connectivity index is 2.45. The monoisotopic (exact) mass is 258 g/mol. The lowest BCUT2D eigenvalue weighted by Crippen LogP contribution is -2.51. The summed E-state index contributed by atoms with van der Waals surface area (Å²) in [6, 6.07) is -0.310. The van der Waals surface area contributed by atoms with Gasteiger partial charge in [0.15, 0.2) is 0 Å². The molecule has 6 heteroatoms. The van der Waals surface area contributed by atoms with Crippen LogP contribution in [-0.4, -0.2) is 52.9 Å². The third kappa shape index (κ3) is 3.60. The Morgan fingerprint density at radius 2 is 2.06 bits per heavy atom. The number of carboxylic acid groups (broad SMARTS) is 1. The fourth-order valence-electron chi connectivity index (χ4n) is 1.72. The van der Waals surface area contributed by atoms with Crippen molar-refractivity contribution in [2.45, 2.75) is 33.3 Å². The number of aliphatic hydroxyl groups is 1. The topological polar surface area (TPSA) is 89.9 Å². The Morgan fingerprint density at radius 3 is 2.56 bits per heavy atom. The number of likely N-dealkylation sites (tertiary alicyclic amines) is 1. The first-order valence-corrected chi connectivity index (χ1v) is 6.18. The van der Waals surface area contributed by atoms with Gasteiger partial charge < -0.3 is 20.4 Å². The lowest BCUT2D eigenvalue weighted by Gasteiger charge is -2.34. The van der Waals surface area contributed by atoms with E-state index in [4.69, 9.17) is 5.11 Å². The maximum Gasteiger partial charge on any atom is 0.317 e. The Labute approximate surface area is 107 Å². The summed E-state index contributed by atoms with van der Waals surface area (Å²) >= 11 is 0. The SMILES string of the molecule is CC1CCN(C(=O)NCC(C)(C)C(=O)O)CC1O. The first-order valence-electron chi connectivity index (χ1n) is 6.18. The van der Waals surface area contributed by atoms with E-state index in [1.807, 2.05) is 6.92 Å². The lowest BCUT2D eigenvalue weighted by molar-refractivity contribution is -0.146. The summed E-state index contributed by atoms with van der Waals surface area (Å²) in [5, 5.41) is 21.2. The molecule has 1 aliphatic heterocycles. The number of carbonyl (C=O) groups excluding carboxylic acids is 1. The minimum absolute atomic E-state index is 0.0727. The number of hydrogen-bond donors (Lipinski definition) is 3. The number of carboxylic acids is 1. The number of hydrogen-bond acceptors (Lipinski definition) is 3. The summed E-state index contributed by atoms with van der Waals surface area (Å²) in [6.45, 7) is 6.04. The molecule has 2 unspecified atom stereocenters. The number of carbonyl (C=O) groups is 2. The third-order valence-corrected chi connectivity index (χ3v) is 3.47. The first kappa shape index (κ1) is 14.8. The van der Waals surface area contributed by atoms with Crippen LogP contribution in [0.1, 0.15) is 27.2 Å². The van der Waals surface area contributed by atoms with Crippen molar-refractivity contribution in [1.29, 1.82) is 0 Å². The standard InChI is InChI=1S/C12H22N2O4/c1-8-4-5-14(6-9(8)15)11(18)13-7-12(2,3)10(16)17/h8-9,15H,4-7H2,1-3H3,(H,13,18)(H,16,17). The number of β-amino-alcohol motifs (C(OH)–C–C–N with tert-alkyl or cyclic N) is 1. The number of amides is 2. The van der Waals surface area contributed by atoms with Crippen LogP contribution in [0.2, 0.25) is 0 Å². The van der Waals surface area contributed by atoms with Gasteiger partial charge in [0.1, 0.15) is 0 Å². The van der Waals surface area contributed by atoms with E-state index in [1.54, 1.807) is 13.8 Å². The predicted octanol–water partition coefficient (Wildman–Crippen LogP) is 0.509. The van der Waals surface area contributed by atoms with E-state index in [0.29, 0.717) is 13.1 Å². The van der Waals surface area contributed by atoms with Crippen molar-refractivity contribution in [3.05, 3.63) is 0 Å². The van der Waals surface area contributed by atoms with Gasteiger partial charge in [-0.25, -0.2) is 4.79 Å². The Morgan fingerprint density at radius 1 is 1.44 bits per heavy atom. The molecule has 0 saturated carbocycles. The highest BCUT2D eigenvalue weighted by molar-refractivity contribution is 5.77. The van der Waals surface area contributed by atoms with Crippen molar-refractivity contribution in [3.8, 4) is 0 Å². The molecule has 6 nitrogen and oxygen atoms in total. The summed E-state index contributed by atoms with van der Waals surface area (Å²) in [5.41, 5.74) is -0.989. The van der Waals surface area contributed by atoms with Crippen molar-refractivity contribution in [2.75, 3.05) is 19.6 Å². The molecule has 3 N–H and O–H groups in total. The quantitative estimate of drug-likeness (QED) is 0.688. The molecule has 18 heavy (non-hydrogen) atoms. The molecular formula is C12H22N2O4. The highest BCUT2D eigenvalue weighted by atomic mass is 16.4. The molecule has 1 saturated heterocycles. The number of nitrogens with zero attached hydrogens (tertiary/aromatic N) is 1. The van der Waals surface area contributed by atoms with Crippen molar-refractivity contribution in [2.24, 2.45) is 11.3 Å². The van der Waals surface area contributed by atoms with Crippen LogP contribution in [0.3, 0.4) is 0 Å². The fraction of sp³-hybridized carbons (Fsp3) is 0.833. The molecule has 104 valence electrons. The molecule has 0 spiro atoms. The predicted molar refractivity (Wildman–Crippen MR) is 66.2 cm³/mol. The molecule has 1 fully saturated rings. The highest BCUT2D eigenvalue weighted by Crippen LogP contribution is 2.17. The third-order valence-electron chi connectivity index (χ3n) is 3.47. The molecular weight excluding hydrogens is 236 g/mol. The van der Waals surface area contributed by atoms with Crippen LogP contribution in [0.25, 0.3) is 0 Å². The maximum absolute atomic E-state index is 11.8. The smallest absolute Gasteiger partial charge is 0.317 e. The minimum Gasteiger partial charge on any atom is -0.481 e. The van der Waals surface area contributed by atoms with E-state index in [1.165, 1.54) is 4.90 Å². The zero-order chi connectivity index (χ0) is 13.9. The van der Waals surface area contributed by atoms with Gasteiger partial charge in [-0.2, -0.15) is 0 Å². The lowest BCUT2D eigenvalue weighted by atomic mass is 9.94. The van der Waals surface area contributed by atoms with Crippen LogP contribution in [0.4, 0.5) is 4.79 Å². The molecule has 2 atom stereocenters. The van der Waals surface area contributed by atoms with Crippen LogP contribution in [0.15, 0.2) is 0 Å². The number of aliphatic hydroxyl groups excluding tert-OH is 1. The largest absolute Gasteiger partial charge is 0.481 e. The second-order valence-electron chi connectivity index (χ2n) is 5.63. The van der Waals surface area contributed by atoms with E-state index in [9.17, 15) is 14.7 Å². The summed E-state index contributed by atoms with van der Waals surface area (Å²) < 4.78 is 0. The molecule has 0 radical (unpaired) electrons. The van der Waals surface area contributed by atoms with E-state index in [0.717, 1.165) is 6.42 Å². The van der Waals surface area contributed by atoms with Gasteiger partial charge in [0, 0.05) is 19.6 Å². The highest BCUT2D eigenvalue weighted by Gasteiger charge is 2.30. The second kappa shape index (κ2) is 5.56. The number of urea groups is 1. The minimum atomic E-state index is -0.989. The zero-order valence-electron chi connectivity index (χ0n) is 11.1. The Kier molecular flexibility index (Phi) is 4.56. The van der Waals surface area contributed by atoms with Gasteiger partial charge in [0.05, 0.1) is 11.5 Å². The van der Waals surface area contributed by atoms with E-state index >= 15 is 0 Å². The molecule has 0 bridgehead atoms. The molecule has 0 aromatic rings. The fourth-order valence-corrected chi connectivity index (χ4v) is 1.72. The molecule has 0 aromatic carbocycles. The number of piperidine rings is 1. The zero-order valence-corrected chi connectivity index (χ0v) is 11.1. The van der Waals surface area contributed by atoms with Crippen molar-refractivity contribution in [1.82, 2.24) is 10.2 Å². The Bertz CT molecular complexity index is 330. The molecule has 1 aliphatic rings. The average molecular weight is 258 g/mol. The summed E-state index contributed by atoms with van der Waals surface area (Å²) in [6.07, 6.45) is 0.258. The van der Waals surface area contributed by atoms with Crippen molar-refractivity contribution in [3.63, 3.8) is 0 Å². The first-order chi connectivity index (χ1) is 8.24. The van der Waals surface area contributed by atoms with Gasteiger partial charge in [-0.15, -0.1) is 0 Å². The number of nitrogens with one attached hydrogen (secondary N) is 1. The van der Waals surface area contributed by atoms with Crippen LogP contribution in [0, 0.1) is 11.3 Å². The van der Waals surface area contributed by atoms with E-state index < -0.39 is 17.5 Å². The number of rotatable bonds is 3. The molecule has 1 rings (SSSR count). The van der Waals surface area contributed by atoms with Gasteiger partial charge in [-0.05, 0) is 26.2 Å². The van der Waals surface area contributed by atoms with Gasteiger partial charge >= 0.3 is 12.0 Å². The van der Waals surface area contributed by atoms with Gasteiger partial charge in [-0.1, -0.05) is 6.92 Å². The van der Waals surface area contributed by atoms with Gasteiger partial charge in [0.2, 0.25) is 0 Å². The molecule has 0 aliphatic carbocycles. The van der Waals surface area contributed by atoms with Crippen LogP contribution < -0.4 is 5.32 Å².